The summed E-state index contributed by atoms with van der Waals surface area (Å²) in [5, 5.41) is 9.96. The Kier molecular flexibility index (Phi) is 3.15. The van der Waals surface area contributed by atoms with E-state index in [4.69, 9.17) is 0 Å². The van der Waals surface area contributed by atoms with Crippen molar-refractivity contribution < 1.29 is 4.79 Å². The number of carbonyl (C=O) groups is 1. The molecule has 0 radical (unpaired) electrons. The van der Waals surface area contributed by atoms with Crippen molar-refractivity contribution in [2.24, 2.45) is 0 Å². The average Bonchev–Trinajstić information content (AvgIpc) is 3.13. The predicted molar refractivity (Wildman–Crippen MR) is 67.6 cm³/mol. The number of thioether (sulfide) groups is 1. The fourth-order valence-electron chi connectivity index (χ4n) is 2.18. The third-order valence-electron chi connectivity index (χ3n) is 3.32. The topological polar surface area (TPSA) is 79.8 Å². The quantitative estimate of drug-likeness (QED) is 0.844. The van der Waals surface area contributed by atoms with Gasteiger partial charge in [0.1, 0.15) is 0 Å². The molecule has 2 N–H and O–H groups in total. The van der Waals surface area contributed by atoms with Crippen molar-refractivity contribution in [1.29, 1.82) is 0 Å². The van der Waals surface area contributed by atoms with Crippen LogP contribution >= 0.6 is 11.8 Å². The van der Waals surface area contributed by atoms with Crippen LogP contribution in [0.25, 0.3) is 0 Å². The van der Waals surface area contributed by atoms with E-state index >= 15 is 0 Å². The molecule has 1 amide bonds. The van der Waals surface area contributed by atoms with Gasteiger partial charge in [-0.3, -0.25) is 9.36 Å². The second kappa shape index (κ2) is 4.79. The Balaban J connectivity index is 1.79. The molecule has 2 heterocycles. The number of hydrogen-bond donors (Lipinski definition) is 2. The molecule has 1 aliphatic heterocycles. The summed E-state index contributed by atoms with van der Waals surface area (Å²) in [6.45, 7) is 0.756. The van der Waals surface area contributed by atoms with Gasteiger partial charge in [0.05, 0.1) is 5.25 Å². The molecule has 3 rings (SSSR count). The summed E-state index contributed by atoms with van der Waals surface area (Å²) >= 11 is 1.41. The van der Waals surface area contributed by atoms with Gasteiger partial charge in [-0.15, -0.1) is 5.10 Å². The van der Waals surface area contributed by atoms with Crippen molar-refractivity contribution in [3.05, 3.63) is 10.5 Å². The second-order valence-electron chi connectivity index (χ2n) is 4.81. The van der Waals surface area contributed by atoms with Gasteiger partial charge in [0.2, 0.25) is 5.91 Å². The van der Waals surface area contributed by atoms with Crippen LogP contribution in [0.4, 0.5) is 0 Å². The first-order valence-corrected chi connectivity index (χ1v) is 7.25. The van der Waals surface area contributed by atoms with E-state index < -0.39 is 0 Å². The van der Waals surface area contributed by atoms with Gasteiger partial charge in [-0.25, -0.2) is 9.89 Å². The summed E-state index contributed by atoms with van der Waals surface area (Å²) in [5.74, 6) is 0.0651. The highest BCUT2D eigenvalue weighted by molar-refractivity contribution is 8.00. The van der Waals surface area contributed by atoms with Crippen molar-refractivity contribution in [3.63, 3.8) is 0 Å². The number of H-pyrrole nitrogens is 1. The normalized spacial score (nSPS) is 24.7. The van der Waals surface area contributed by atoms with Crippen LogP contribution in [0.2, 0.25) is 0 Å². The number of rotatable bonds is 3. The molecular weight excluding hydrogens is 252 g/mol. The van der Waals surface area contributed by atoms with Gasteiger partial charge in [-0.2, -0.15) is 0 Å². The van der Waals surface area contributed by atoms with E-state index in [9.17, 15) is 9.59 Å². The van der Waals surface area contributed by atoms with Gasteiger partial charge in [0.25, 0.3) is 0 Å². The molecule has 98 valence electrons. The fourth-order valence-corrected chi connectivity index (χ4v) is 3.35. The Hall–Kier alpha value is -1.24. The monoisotopic (exact) mass is 268 g/mol. The number of hydrogen-bond acceptors (Lipinski definition) is 4. The first kappa shape index (κ1) is 11.8. The zero-order chi connectivity index (χ0) is 12.5. The van der Waals surface area contributed by atoms with Crippen LogP contribution in [0.1, 0.15) is 38.1 Å². The molecule has 0 unspecified atom stereocenters. The Morgan fingerprint density at radius 2 is 2.06 bits per heavy atom. The zero-order valence-electron chi connectivity index (χ0n) is 10.0. The van der Waals surface area contributed by atoms with E-state index in [-0.39, 0.29) is 22.9 Å². The maximum atomic E-state index is 11.9. The average molecular weight is 268 g/mol. The van der Waals surface area contributed by atoms with Gasteiger partial charge in [-0.05, 0) is 25.7 Å². The fraction of sp³-hybridized carbons (Fsp3) is 0.727. The van der Waals surface area contributed by atoms with Crippen molar-refractivity contribution in [1.82, 2.24) is 20.1 Å². The summed E-state index contributed by atoms with van der Waals surface area (Å²) in [4.78, 5) is 23.5. The van der Waals surface area contributed by atoms with Crippen LogP contribution < -0.4 is 11.0 Å². The SMILES string of the molecule is O=C1NCCCC[C@H]1Sc1n[nH]c(=O)n1C1CC1. The molecule has 0 spiro atoms. The van der Waals surface area contributed by atoms with Crippen LogP contribution in [0.15, 0.2) is 9.95 Å². The van der Waals surface area contributed by atoms with Crippen molar-refractivity contribution in [2.75, 3.05) is 6.54 Å². The lowest BCUT2D eigenvalue weighted by molar-refractivity contribution is -0.120. The molecular formula is C11H16N4O2S. The molecule has 1 aromatic rings. The summed E-state index contributed by atoms with van der Waals surface area (Å²) in [7, 11) is 0. The second-order valence-corrected chi connectivity index (χ2v) is 5.98. The van der Waals surface area contributed by atoms with E-state index in [2.05, 4.69) is 15.5 Å². The molecule has 1 saturated carbocycles. The van der Waals surface area contributed by atoms with E-state index in [1.165, 1.54) is 11.8 Å². The molecule has 0 bridgehead atoms. The maximum Gasteiger partial charge on any atom is 0.344 e. The van der Waals surface area contributed by atoms with Gasteiger partial charge in [-0.1, -0.05) is 18.2 Å². The molecule has 2 fully saturated rings. The lowest BCUT2D eigenvalue weighted by Crippen LogP contribution is -2.31. The molecule has 6 nitrogen and oxygen atoms in total. The van der Waals surface area contributed by atoms with Gasteiger partial charge < -0.3 is 5.32 Å². The summed E-state index contributed by atoms with van der Waals surface area (Å²) in [6, 6.07) is 0.285. The van der Waals surface area contributed by atoms with Gasteiger partial charge >= 0.3 is 5.69 Å². The smallest absolute Gasteiger partial charge is 0.344 e. The highest BCUT2D eigenvalue weighted by Gasteiger charge is 2.31. The number of amides is 1. The molecule has 18 heavy (non-hydrogen) atoms. The lowest BCUT2D eigenvalue weighted by Gasteiger charge is -2.12. The molecule has 2 aliphatic rings. The van der Waals surface area contributed by atoms with Gasteiger partial charge in [0.15, 0.2) is 5.16 Å². The number of nitrogens with zero attached hydrogens (tertiary/aromatic N) is 2. The van der Waals surface area contributed by atoms with Gasteiger partial charge in [0, 0.05) is 12.6 Å². The van der Waals surface area contributed by atoms with Crippen molar-refractivity contribution in [3.8, 4) is 0 Å². The van der Waals surface area contributed by atoms with Crippen molar-refractivity contribution in [2.45, 2.75) is 48.6 Å². The van der Waals surface area contributed by atoms with Crippen LogP contribution in [0.3, 0.4) is 0 Å². The van der Waals surface area contributed by atoms with E-state index in [1.54, 1.807) is 4.57 Å². The lowest BCUT2D eigenvalue weighted by atomic mass is 10.2. The summed E-state index contributed by atoms with van der Waals surface area (Å²) in [6.07, 6.45) is 4.98. The number of aromatic nitrogens is 3. The number of carbonyl (C=O) groups excluding carboxylic acids is 1. The van der Waals surface area contributed by atoms with Crippen LogP contribution in [-0.2, 0) is 4.79 Å². The molecule has 0 aromatic carbocycles. The minimum absolute atomic E-state index is 0.0651. The predicted octanol–water partition coefficient (Wildman–Crippen LogP) is 0.667. The van der Waals surface area contributed by atoms with Crippen LogP contribution in [0.5, 0.6) is 0 Å². The Bertz CT molecular complexity index is 505. The third-order valence-corrected chi connectivity index (χ3v) is 4.55. The standard InChI is InChI=1S/C11H16N4O2S/c16-9-8(3-1-2-6-12-9)18-11-14-13-10(17)15(11)7-4-5-7/h7-8H,1-6H2,(H,12,16)(H,13,17)/t8-/m1/s1. The molecule has 1 aliphatic carbocycles. The number of aromatic amines is 1. The van der Waals surface area contributed by atoms with E-state index in [1.807, 2.05) is 0 Å². The Labute approximate surface area is 109 Å². The largest absolute Gasteiger partial charge is 0.355 e. The third kappa shape index (κ3) is 2.31. The first-order chi connectivity index (χ1) is 8.75. The van der Waals surface area contributed by atoms with Crippen molar-refractivity contribution >= 4 is 17.7 Å². The highest BCUT2D eigenvalue weighted by Crippen LogP contribution is 2.37. The number of nitrogens with one attached hydrogen (secondary N) is 2. The maximum absolute atomic E-state index is 11.9. The van der Waals surface area contributed by atoms with Crippen LogP contribution in [0, 0.1) is 0 Å². The summed E-state index contributed by atoms with van der Waals surface area (Å²) in [5.41, 5.74) is -0.158. The minimum atomic E-state index is -0.158. The van der Waals surface area contributed by atoms with E-state index in [0.717, 1.165) is 38.6 Å². The van der Waals surface area contributed by atoms with E-state index in [0.29, 0.717) is 5.16 Å². The summed E-state index contributed by atoms with van der Waals surface area (Å²) < 4.78 is 1.70. The van der Waals surface area contributed by atoms with Crippen LogP contribution in [-0.4, -0.2) is 32.5 Å². The Morgan fingerprint density at radius 3 is 2.83 bits per heavy atom. The molecule has 1 atom stereocenters. The minimum Gasteiger partial charge on any atom is -0.355 e. The molecule has 7 heteroatoms. The molecule has 1 saturated heterocycles. The Morgan fingerprint density at radius 1 is 1.22 bits per heavy atom. The zero-order valence-corrected chi connectivity index (χ0v) is 10.8. The molecule has 1 aromatic heterocycles. The highest BCUT2D eigenvalue weighted by atomic mass is 32.2. The first-order valence-electron chi connectivity index (χ1n) is 6.37.